The normalized spacial score (nSPS) is 16.7. The van der Waals surface area contributed by atoms with E-state index in [1.54, 1.807) is 0 Å². The molecule has 0 saturated heterocycles. The van der Waals surface area contributed by atoms with Gasteiger partial charge in [0.15, 0.2) is 5.96 Å². The highest BCUT2D eigenvalue weighted by Crippen LogP contribution is 2.42. The third-order valence-corrected chi connectivity index (χ3v) is 4.35. The van der Waals surface area contributed by atoms with Gasteiger partial charge in [-0.05, 0) is 31.6 Å². The fourth-order valence-electron chi connectivity index (χ4n) is 2.57. The van der Waals surface area contributed by atoms with Crippen molar-refractivity contribution in [3.63, 3.8) is 0 Å². The summed E-state index contributed by atoms with van der Waals surface area (Å²) < 4.78 is 36.8. The SMILES string of the molecule is CCNC(=NCC(=O)N(C)CC(F)(F)F)NCC1(CC)CCC1.I. The van der Waals surface area contributed by atoms with Gasteiger partial charge in [-0.2, -0.15) is 13.2 Å². The van der Waals surface area contributed by atoms with Crippen LogP contribution >= 0.6 is 24.0 Å². The molecule has 0 spiro atoms. The van der Waals surface area contributed by atoms with Gasteiger partial charge in [0.2, 0.25) is 5.91 Å². The molecule has 24 heavy (non-hydrogen) atoms. The van der Waals surface area contributed by atoms with Crippen LogP contribution in [0.25, 0.3) is 0 Å². The molecular weight excluding hydrogens is 436 g/mol. The van der Waals surface area contributed by atoms with Crippen molar-refractivity contribution in [1.82, 2.24) is 15.5 Å². The van der Waals surface area contributed by atoms with Crippen molar-refractivity contribution < 1.29 is 18.0 Å². The first-order chi connectivity index (χ1) is 10.7. The molecule has 0 aromatic heterocycles. The first-order valence-corrected chi connectivity index (χ1v) is 8.04. The summed E-state index contributed by atoms with van der Waals surface area (Å²) in [6.07, 6.45) is 0.248. The Kier molecular flexibility index (Phi) is 9.98. The molecule has 2 N–H and O–H groups in total. The minimum absolute atomic E-state index is 0. The molecule has 0 unspecified atom stereocenters. The highest BCUT2D eigenvalue weighted by Gasteiger charge is 2.35. The van der Waals surface area contributed by atoms with Crippen molar-refractivity contribution in [2.75, 3.05) is 33.2 Å². The van der Waals surface area contributed by atoms with E-state index in [0.29, 0.717) is 17.4 Å². The summed E-state index contributed by atoms with van der Waals surface area (Å²) in [6, 6.07) is 0. The van der Waals surface area contributed by atoms with Crippen LogP contribution in [0.4, 0.5) is 13.2 Å². The minimum Gasteiger partial charge on any atom is -0.357 e. The number of likely N-dealkylation sites (N-methyl/N-ethyl adjacent to an activating group) is 1. The average Bonchev–Trinajstić information content (AvgIpc) is 2.41. The van der Waals surface area contributed by atoms with Crippen molar-refractivity contribution in [1.29, 1.82) is 0 Å². The lowest BCUT2D eigenvalue weighted by Gasteiger charge is -2.41. The van der Waals surface area contributed by atoms with Gasteiger partial charge in [-0.25, -0.2) is 4.99 Å². The summed E-state index contributed by atoms with van der Waals surface area (Å²) in [5.74, 6) is -0.186. The number of carbonyl (C=O) groups excluding carboxylic acids is 1. The van der Waals surface area contributed by atoms with Crippen LogP contribution in [-0.4, -0.2) is 56.2 Å². The molecule has 5 nitrogen and oxygen atoms in total. The van der Waals surface area contributed by atoms with Crippen molar-refractivity contribution in [3.8, 4) is 0 Å². The summed E-state index contributed by atoms with van der Waals surface area (Å²) in [4.78, 5) is 16.5. The smallest absolute Gasteiger partial charge is 0.357 e. The Labute approximate surface area is 158 Å². The van der Waals surface area contributed by atoms with Crippen LogP contribution in [0, 0.1) is 5.41 Å². The van der Waals surface area contributed by atoms with Crippen LogP contribution in [0.2, 0.25) is 0 Å². The van der Waals surface area contributed by atoms with Gasteiger partial charge in [0.1, 0.15) is 13.1 Å². The van der Waals surface area contributed by atoms with Crippen molar-refractivity contribution >= 4 is 35.8 Å². The van der Waals surface area contributed by atoms with E-state index in [1.165, 1.54) is 19.3 Å². The Bertz CT molecular complexity index is 420. The topological polar surface area (TPSA) is 56.7 Å². The monoisotopic (exact) mass is 464 g/mol. The molecule has 0 heterocycles. The highest BCUT2D eigenvalue weighted by atomic mass is 127. The summed E-state index contributed by atoms with van der Waals surface area (Å²) >= 11 is 0. The predicted octanol–water partition coefficient (Wildman–Crippen LogP) is 2.76. The number of nitrogens with zero attached hydrogens (tertiary/aromatic N) is 2. The maximum absolute atomic E-state index is 12.3. The molecule has 0 atom stereocenters. The number of amides is 1. The molecule has 1 amide bonds. The molecule has 1 fully saturated rings. The third kappa shape index (κ3) is 7.89. The molecule has 0 aromatic carbocycles. The van der Waals surface area contributed by atoms with Crippen molar-refractivity contribution in [2.45, 2.75) is 45.7 Å². The molecule has 9 heteroatoms. The van der Waals surface area contributed by atoms with E-state index in [2.05, 4.69) is 22.5 Å². The number of hydrogen-bond donors (Lipinski definition) is 2. The predicted molar refractivity (Wildman–Crippen MR) is 99.7 cm³/mol. The van der Waals surface area contributed by atoms with Crippen LogP contribution in [0.5, 0.6) is 0 Å². The van der Waals surface area contributed by atoms with Gasteiger partial charge in [0.25, 0.3) is 0 Å². The van der Waals surface area contributed by atoms with Crippen LogP contribution in [0.15, 0.2) is 4.99 Å². The van der Waals surface area contributed by atoms with Gasteiger partial charge < -0.3 is 15.5 Å². The number of guanidine groups is 1. The number of carbonyl (C=O) groups is 1. The number of rotatable bonds is 7. The molecule has 142 valence electrons. The van der Waals surface area contributed by atoms with E-state index in [-0.39, 0.29) is 35.9 Å². The van der Waals surface area contributed by atoms with Gasteiger partial charge in [-0.15, -0.1) is 24.0 Å². The Hall–Kier alpha value is -0.740. The molecule has 1 aliphatic rings. The quantitative estimate of drug-likeness (QED) is 0.346. The zero-order valence-electron chi connectivity index (χ0n) is 14.5. The Morgan fingerprint density at radius 3 is 2.29 bits per heavy atom. The lowest BCUT2D eigenvalue weighted by Crippen LogP contribution is -2.46. The van der Waals surface area contributed by atoms with Crippen LogP contribution in [-0.2, 0) is 4.79 Å². The lowest BCUT2D eigenvalue weighted by molar-refractivity contribution is -0.157. The Morgan fingerprint density at radius 2 is 1.88 bits per heavy atom. The van der Waals surface area contributed by atoms with Gasteiger partial charge in [-0.3, -0.25) is 4.79 Å². The van der Waals surface area contributed by atoms with Crippen molar-refractivity contribution in [3.05, 3.63) is 0 Å². The van der Waals surface area contributed by atoms with E-state index >= 15 is 0 Å². The van der Waals surface area contributed by atoms with E-state index < -0.39 is 18.6 Å². The largest absolute Gasteiger partial charge is 0.406 e. The molecule has 0 bridgehead atoms. The van der Waals surface area contributed by atoms with Gasteiger partial charge in [0.05, 0.1) is 0 Å². The van der Waals surface area contributed by atoms with E-state index in [0.717, 1.165) is 20.0 Å². The van der Waals surface area contributed by atoms with Crippen molar-refractivity contribution in [2.24, 2.45) is 10.4 Å². The standard InChI is InChI=1S/C15H27F3N4O.HI/c1-4-14(7-6-8-14)10-21-13(19-5-2)20-9-12(23)22(3)11-15(16,17)18;/h4-11H2,1-3H3,(H2,19,20,21);1H. The number of hydrogen-bond acceptors (Lipinski definition) is 2. The maximum atomic E-state index is 12.3. The van der Waals surface area contributed by atoms with E-state index in [9.17, 15) is 18.0 Å². The van der Waals surface area contributed by atoms with Crippen LogP contribution in [0.1, 0.15) is 39.5 Å². The zero-order valence-corrected chi connectivity index (χ0v) is 16.8. The molecule has 1 rings (SSSR count). The number of aliphatic imine (C=N–C) groups is 1. The number of nitrogens with one attached hydrogen (secondary N) is 2. The molecule has 1 aliphatic carbocycles. The Balaban J connectivity index is 0.00000529. The second-order valence-corrected chi connectivity index (χ2v) is 6.12. The maximum Gasteiger partial charge on any atom is 0.406 e. The summed E-state index contributed by atoms with van der Waals surface area (Å²) in [5, 5.41) is 6.22. The van der Waals surface area contributed by atoms with Gasteiger partial charge in [0, 0.05) is 20.1 Å². The average molecular weight is 464 g/mol. The Morgan fingerprint density at radius 1 is 1.25 bits per heavy atom. The fraction of sp³-hybridized carbons (Fsp3) is 0.867. The third-order valence-electron chi connectivity index (χ3n) is 4.35. The second-order valence-electron chi connectivity index (χ2n) is 6.12. The first-order valence-electron chi connectivity index (χ1n) is 8.04. The number of halogens is 4. The molecule has 1 saturated carbocycles. The minimum atomic E-state index is -4.39. The highest BCUT2D eigenvalue weighted by molar-refractivity contribution is 14.0. The summed E-state index contributed by atoms with van der Waals surface area (Å²) in [6.45, 7) is 3.87. The van der Waals surface area contributed by atoms with E-state index in [1.807, 2.05) is 6.92 Å². The van der Waals surface area contributed by atoms with E-state index in [4.69, 9.17) is 0 Å². The molecule has 0 radical (unpaired) electrons. The molecule has 0 aromatic rings. The summed E-state index contributed by atoms with van der Waals surface area (Å²) in [5.41, 5.74) is 0.285. The fourth-order valence-corrected chi connectivity index (χ4v) is 2.57. The molecular formula is C15H28F3IN4O. The second kappa shape index (κ2) is 10.3. The zero-order chi connectivity index (χ0) is 17.5. The van der Waals surface area contributed by atoms with Crippen LogP contribution < -0.4 is 10.6 Å². The van der Waals surface area contributed by atoms with Gasteiger partial charge in [-0.1, -0.05) is 13.3 Å². The lowest BCUT2D eigenvalue weighted by atomic mass is 9.67. The summed E-state index contributed by atoms with van der Waals surface area (Å²) in [7, 11) is 1.13. The van der Waals surface area contributed by atoms with Crippen LogP contribution in [0.3, 0.4) is 0 Å². The number of alkyl halides is 3. The first kappa shape index (κ1) is 23.3. The molecule has 0 aliphatic heterocycles. The van der Waals surface area contributed by atoms with Gasteiger partial charge >= 0.3 is 6.18 Å².